The van der Waals surface area contributed by atoms with Gasteiger partial charge in [0.15, 0.2) is 0 Å². The van der Waals surface area contributed by atoms with Crippen LogP contribution < -0.4 is 5.32 Å². The van der Waals surface area contributed by atoms with Gasteiger partial charge in [-0.3, -0.25) is 10.1 Å². The van der Waals surface area contributed by atoms with E-state index in [-0.39, 0.29) is 10.6 Å². The van der Waals surface area contributed by atoms with Crippen LogP contribution >= 0.6 is 0 Å². The predicted octanol–water partition coefficient (Wildman–Crippen LogP) is 2.31. The van der Waals surface area contributed by atoms with Gasteiger partial charge in [-0.2, -0.15) is 0 Å². The van der Waals surface area contributed by atoms with Crippen LogP contribution in [0.25, 0.3) is 0 Å². The fourth-order valence-corrected chi connectivity index (χ4v) is 2.45. The highest BCUT2D eigenvalue weighted by molar-refractivity contribution is 5.35. The number of hydrogen-bond acceptors (Lipinski definition) is 3. The molecule has 1 aliphatic rings. The Morgan fingerprint density at radius 3 is 2.44 bits per heavy atom. The predicted molar refractivity (Wildman–Crippen MR) is 62.5 cm³/mol. The summed E-state index contributed by atoms with van der Waals surface area (Å²) in [5, 5.41) is 13.8. The maximum absolute atomic E-state index is 10.5. The molecule has 0 bridgehead atoms. The number of nitro groups is 1. The average Bonchev–Trinajstić information content (AvgIpc) is 2.28. The third kappa shape index (κ3) is 1.80. The first-order valence-corrected chi connectivity index (χ1v) is 5.55. The maximum Gasteiger partial charge on any atom is 0.269 e. The number of nitro benzene ring substituents is 1. The van der Waals surface area contributed by atoms with Crippen LogP contribution in [0.1, 0.15) is 24.8 Å². The Kier molecular flexibility index (Phi) is 2.92. The summed E-state index contributed by atoms with van der Waals surface area (Å²) in [7, 11) is 1.98. The molecule has 1 N–H and O–H groups in total. The van der Waals surface area contributed by atoms with Crippen molar-refractivity contribution < 1.29 is 4.92 Å². The molecule has 1 aromatic rings. The molecule has 0 heterocycles. The van der Waals surface area contributed by atoms with E-state index >= 15 is 0 Å². The molecule has 2 rings (SSSR count). The molecule has 4 nitrogen and oxygen atoms in total. The van der Waals surface area contributed by atoms with Crippen molar-refractivity contribution in [1.82, 2.24) is 5.32 Å². The highest BCUT2D eigenvalue weighted by Gasteiger charge is 2.37. The Balaban J connectivity index is 2.09. The molecule has 0 aliphatic heterocycles. The lowest BCUT2D eigenvalue weighted by Crippen LogP contribution is -2.46. The fraction of sp³-hybridized carbons (Fsp3) is 0.500. The van der Waals surface area contributed by atoms with Crippen molar-refractivity contribution in [1.29, 1.82) is 0 Å². The molecule has 0 amide bonds. The average molecular weight is 220 g/mol. The zero-order chi connectivity index (χ0) is 11.7. The van der Waals surface area contributed by atoms with Crippen molar-refractivity contribution in [3.8, 4) is 0 Å². The topological polar surface area (TPSA) is 55.2 Å². The number of rotatable bonds is 3. The van der Waals surface area contributed by atoms with E-state index < -0.39 is 0 Å². The molecular weight excluding hydrogens is 204 g/mol. The standard InChI is InChI=1S/C12H16N2O2/c1-8-11(7-12(8)13-2)9-3-5-10(6-4-9)14(15)16/h3-6,8,11-13H,7H2,1-2H3. The van der Waals surface area contributed by atoms with Gasteiger partial charge in [0.25, 0.3) is 5.69 Å². The Morgan fingerprint density at radius 1 is 1.38 bits per heavy atom. The second-order valence-electron chi connectivity index (χ2n) is 4.45. The Hall–Kier alpha value is -1.42. The summed E-state index contributed by atoms with van der Waals surface area (Å²) in [6, 6.07) is 7.53. The highest BCUT2D eigenvalue weighted by Crippen LogP contribution is 2.42. The Bertz CT molecular complexity index is 389. The van der Waals surface area contributed by atoms with E-state index in [1.165, 1.54) is 5.56 Å². The maximum atomic E-state index is 10.5. The summed E-state index contributed by atoms with van der Waals surface area (Å²) >= 11 is 0. The number of hydrogen-bond donors (Lipinski definition) is 1. The quantitative estimate of drug-likeness (QED) is 0.628. The Labute approximate surface area is 94.8 Å². The number of non-ortho nitro benzene ring substituents is 1. The van der Waals surface area contributed by atoms with Gasteiger partial charge in [-0.15, -0.1) is 0 Å². The van der Waals surface area contributed by atoms with Crippen LogP contribution in [0, 0.1) is 16.0 Å². The molecule has 1 aliphatic carbocycles. The van der Waals surface area contributed by atoms with E-state index in [1.807, 2.05) is 19.2 Å². The van der Waals surface area contributed by atoms with Crippen molar-refractivity contribution >= 4 is 5.69 Å². The van der Waals surface area contributed by atoms with Gasteiger partial charge in [0, 0.05) is 18.2 Å². The zero-order valence-corrected chi connectivity index (χ0v) is 9.51. The van der Waals surface area contributed by atoms with Crippen LogP contribution in [0.5, 0.6) is 0 Å². The smallest absolute Gasteiger partial charge is 0.269 e. The highest BCUT2D eigenvalue weighted by atomic mass is 16.6. The second kappa shape index (κ2) is 4.22. The molecule has 0 saturated heterocycles. The van der Waals surface area contributed by atoms with E-state index in [4.69, 9.17) is 0 Å². The minimum Gasteiger partial charge on any atom is -0.317 e. The van der Waals surface area contributed by atoms with Crippen LogP contribution in [0.2, 0.25) is 0 Å². The Morgan fingerprint density at radius 2 is 2.00 bits per heavy atom. The van der Waals surface area contributed by atoms with Gasteiger partial charge in [-0.25, -0.2) is 0 Å². The monoisotopic (exact) mass is 220 g/mol. The van der Waals surface area contributed by atoms with Crippen molar-refractivity contribution in [3.63, 3.8) is 0 Å². The van der Waals surface area contributed by atoms with Crippen LogP contribution in [-0.2, 0) is 0 Å². The van der Waals surface area contributed by atoms with Gasteiger partial charge in [0.2, 0.25) is 0 Å². The molecule has 1 fully saturated rings. The zero-order valence-electron chi connectivity index (χ0n) is 9.51. The van der Waals surface area contributed by atoms with Crippen LogP contribution in [0.4, 0.5) is 5.69 Å². The summed E-state index contributed by atoms with van der Waals surface area (Å²) in [6.45, 7) is 2.22. The van der Waals surface area contributed by atoms with E-state index in [0.717, 1.165) is 6.42 Å². The number of benzene rings is 1. The summed E-state index contributed by atoms with van der Waals surface area (Å²) in [6.07, 6.45) is 1.12. The largest absolute Gasteiger partial charge is 0.317 e. The molecule has 3 atom stereocenters. The van der Waals surface area contributed by atoms with Crippen LogP contribution in [0.3, 0.4) is 0 Å². The number of nitrogens with zero attached hydrogens (tertiary/aromatic N) is 1. The van der Waals surface area contributed by atoms with Crippen LogP contribution in [-0.4, -0.2) is 18.0 Å². The summed E-state index contributed by atoms with van der Waals surface area (Å²) in [4.78, 5) is 10.2. The molecule has 0 radical (unpaired) electrons. The van der Waals surface area contributed by atoms with Gasteiger partial charge in [0.05, 0.1) is 4.92 Å². The van der Waals surface area contributed by atoms with Crippen molar-refractivity contribution in [3.05, 3.63) is 39.9 Å². The van der Waals surface area contributed by atoms with Gasteiger partial charge in [0.1, 0.15) is 0 Å². The first-order chi connectivity index (χ1) is 7.63. The summed E-state index contributed by atoms with van der Waals surface area (Å²) in [5.74, 6) is 1.14. The molecule has 86 valence electrons. The minimum absolute atomic E-state index is 0.167. The van der Waals surface area contributed by atoms with Crippen LogP contribution in [0.15, 0.2) is 24.3 Å². The lowest BCUT2D eigenvalue weighted by Gasteiger charge is -2.43. The van der Waals surface area contributed by atoms with Gasteiger partial charge in [-0.1, -0.05) is 19.1 Å². The molecule has 16 heavy (non-hydrogen) atoms. The number of nitrogens with one attached hydrogen (secondary N) is 1. The summed E-state index contributed by atoms with van der Waals surface area (Å²) in [5.41, 5.74) is 1.38. The van der Waals surface area contributed by atoms with Gasteiger partial charge in [-0.05, 0) is 30.9 Å². The van der Waals surface area contributed by atoms with Gasteiger partial charge < -0.3 is 5.32 Å². The van der Waals surface area contributed by atoms with E-state index in [9.17, 15) is 10.1 Å². The lowest BCUT2D eigenvalue weighted by atomic mass is 9.67. The van der Waals surface area contributed by atoms with Crippen molar-refractivity contribution in [2.24, 2.45) is 5.92 Å². The molecule has 4 heteroatoms. The third-order valence-electron chi connectivity index (χ3n) is 3.68. The van der Waals surface area contributed by atoms with E-state index in [0.29, 0.717) is 17.9 Å². The molecule has 1 aromatic carbocycles. The second-order valence-corrected chi connectivity index (χ2v) is 4.45. The summed E-state index contributed by atoms with van der Waals surface area (Å²) < 4.78 is 0. The van der Waals surface area contributed by atoms with E-state index in [2.05, 4.69) is 12.2 Å². The molecule has 3 unspecified atom stereocenters. The normalized spacial score (nSPS) is 28.5. The third-order valence-corrected chi connectivity index (χ3v) is 3.68. The first kappa shape index (κ1) is 11.1. The lowest BCUT2D eigenvalue weighted by molar-refractivity contribution is -0.384. The molecular formula is C12H16N2O2. The van der Waals surface area contributed by atoms with Crippen molar-refractivity contribution in [2.45, 2.75) is 25.3 Å². The minimum atomic E-state index is -0.357. The SMILES string of the molecule is CNC1CC(c2ccc([N+](=O)[O-])cc2)C1C. The fourth-order valence-electron chi connectivity index (χ4n) is 2.45. The molecule has 0 spiro atoms. The van der Waals surface area contributed by atoms with E-state index in [1.54, 1.807) is 12.1 Å². The molecule has 0 aromatic heterocycles. The van der Waals surface area contributed by atoms with Gasteiger partial charge >= 0.3 is 0 Å². The first-order valence-electron chi connectivity index (χ1n) is 5.55. The molecule has 1 saturated carbocycles. The van der Waals surface area contributed by atoms with Crippen molar-refractivity contribution in [2.75, 3.05) is 7.05 Å².